The Bertz CT molecular complexity index is 511. The zero-order valence-electron chi connectivity index (χ0n) is 12.5. The van der Waals surface area contributed by atoms with Crippen LogP contribution in [0.15, 0.2) is 12.1 Å². The first-order valence-electron chi connectivity index (χ1n) is 7.51. The van der Waals surface area contributed by atoms with E-state index in [1.54, 1.807) is 0 Å². The van der Waals surface area contributed by atoms with Gasteiger partial charge in [0.05, 0.1) is 5.56 Å². The molecule has 0 spiro atoms. The molecule has 0 bridgehead atoms. The van der Waals surface area contributed by atoms with Crippen molar-refractivity contribution in [2.75, 3.05) is 6.54 Å². The van der Waals surface area contributed by atoms with E-state index >= 15 is 0 Å². The first-order valence-corrected chi connectivity index (χ1v) is 7.51. The molecule has 1 amide bonds. The van der Waals surface area contributed by atoms with Crippen molar-refractivity contribution in [3.63, 3.8) is 0 Å². The first-order chi connectivity index (χ1) is 10.0. The molecule has 2 rings (SSSR count). The first kappa shape index (κ1) is 15.9. The number of hydrogen-bond acceptors (Lipinski definition) is 2. The van der Waals surface area contributed by atoms with Gasteiger partial charge in [0.1, 0.15) is 11.6 Å². The van der Waals surface area contributed by atoms with Crippen molar-refractivity contribution in [2.45, 2.75) is 51.6 Å². The molecule has 116 valence electrons. The minimum Gasteiger partial charge on any atom is -0.349 e. The highest BCUT2D eigenvalue weighted by Gasteiger charge is 2.23. The summed E-state index contributed by atoms with van der Waals surface area (Å²) in [7, 11) is 0. The molecule has 1 fully saturated rings. The van der Waals surface area contributed by atoms with Gasteiger partial charge in [-0.3, -0.25) is 4.79 Å². The zero-order valence-corrected chi connectivity index (χ0v) is 12.5. The Hall–Kier alpha value is -1.49. The molecule has 0 unspecified atom stereocenters. The molecule has 1 saturated carbocycles. The molecule has 1 aliphatic rings. The lowest BCUT2D eigenvalue weighted by atomic mass is 9.91. The molecule has 0 heterocycles. The number of hydrogen-bond donors (Lipinski definition) is 2. The van der Waals surface area contributed by atoms with E-state index in [0.29, 0.717) is 6.04 Å². The average Bonchev–Trinajstić information content (AvgIpc) is 2.45. The maximum absolute atomic E-state index is 13.7. The summed E-state index contributed by atoms with van der Waals surface area (Å²) in [5.41, 5.74) is 0.195. The Morgan fingerprint density at radius 3 is 2.38 bits per heavy atom. The number of nitrogens with one attached hydrogen (secondary N) is 2. The highest BCUT2D eigenvalue weighted by atomic mass is 19.1. The summed E-state index contributed by atoms with van der Waals surface area (Å²) in [5, 5.41) is 6.25. The minimum absolute atomic E-state index is 0.0668. The van der Waals surface area contributed by atoms with Crippen LogP contribution in [-0.2, 0) is 0 Å². The van der Waals surface area contributed by atoms with Crippen LogP contribution in [0, 0.1) is 18.6 Å². The summed E-state index contributed by atoms with van der Waals surface area (Å²) in [6.45, 7) is 4.54. The third-order valence-corrected chi connectivity index (χ3v) is 4.05. The van der Waals surface area contributed by atoms with E-state index in [2.05, 4.69) is 17.6 Å². The van der Waals surface area contributed by atoms with E-state index in [0.717, 1.165) is 38.3 Å². The van der Waals surface area contributed by atoms with E-state index in [4.69, 9.17) is 0 Å². The standard InChI is InChI=1S/C16H22F2N2O/c1-3-19-11-4-6-12(7-5-11)20-16(21)13-8-10(2)14(17)9-15(13)18/h8-9,11-12,19H,3-7H2,1-2H3,(H,20,21). The molecule has 0 aromatic heterocycles. The van der Waals surface area contributed by atoms with E-state index in [-0.39, 0.29) is 17.2 Å². The Morgan fingerprint density at radius 1 is 1.14 bits per heavy atom. The van der Waals surface area contributed by atoms with Crippen LogP contribution in [0.25, 0.3) is 0 Å². The van der Waals surface area contributed by atoms with E-state index in [1.807, 2.05) is 0 Å². The number of benzene rings is 1. The fraction of sp³-hybridized carbons (Fsp3) is 0.562. The predicted molar refractivity (Wildman–Crippen MR) is 78.3 cm³/mol. The highest BCUT2D eigenvalue weighted by molar-refractivity contribution is 5.94. The Balaban J connectivity index is 1.95. The van der Waals surface area contributed by atoms with Gasteiger partial charge >= 0.3 is 0 Å². The summed E-state index contributed by atoms with van der Waals surface area (Å²) in [6.07, 6.45) is 3.77. The van der Waals surface area contributed by atoms with E-state index in [1.165, 1.54) is 13.0 Å². The van der Waals surface area contributed by atoms with Crippen LogP contribution in [0.1, 0.15) is 48.5 Å². The van der Waals surface area contributed by atoms with Crippen molar-refractivity contribution in [1.82, 2.24) is 10.6 Å². The summed E-state index contributed by atoms with van der Waals surface area (Å²) in [4.78, 5) is 12.1. The van der Waals surface area contributed by atoms with Crippen LogP contribution < -0.4 is 10.6 Å². The minimum atomic E-state index is -0.808. The topological polar surface area (TPSA) is 41.1 Å². The summed E-state index contributed by atoms with van der Waals surface area (Å²) >= 11 is 0. The Kier molecular flexibility index (Phi) is 5.28. The number of aryl methyl sites for hydroxylation is 1. The van der Waals surface area contributed by atoms with E-state index < -0.39 is 17.5 Å². The van der Waals surface area contributed by atoms with Gasteiger partial charge < -0.3 is 10.6 Å². The molecule has 0 atom stereocenters. The molecular weight excluding hydrogens is 274 g/mol. The number of rotatable bonds is 4. The maximum Gasteiger partial charge on any atom is 0.254 e. The molecule has 2 N–H and O–H groups in total. The molecule has 0 aliphatic heterocycles. The van der Waals surface area contributed by atoms with Crippen LogP contribution in [0.5, 0.6) is 0 Å². The molecule has 3 nitrogen and oxygen atoms in total. The molecular formula is C16H22F2N2O. The second kappa shape index (κ2) is 6.98. The largest absolute Gasteiger partial charge is 0.349 e. The quantitative estimate of drug-likeness (QED) is 0.897. The summed E-state index contributed by atoms with van der Waals surface area (Å²) < 4.78 is 26.9. The van der Waals surface area contributed by atoms with Crippen LogP contribution in [0.3, 0.4) is 0 Å². The number of carbonyl (C=O) groups is 1. The highest BCUT2D eigenvalue weighted by Crippen LogP contribution is 2.20. The van der Waals surface area contributed by atoms with E-state index in [9.17, 15) is 13.6 Å². The molecule has 0 saturated heterocycles. The molecule has 21 heavy (non-hydrogen) atoms. The van der Waals surface area contributed by atoms with Crippen molar-refractivity contribution in [2.24, 2.45) is 0 Å². The SMILES string of the molecule is CCNC1CCC(NC(=O)c2cc(C)c(F)cc2F)CC1. The smallest absolute Gasteiger partial charge is 0.254 e. The van der Waals surface area contributed by atoms with Crippen molar-refractivity contribution in [1.29, 1.82) is 0 Å². The Morgan fingerprint density at radius 2 is 1.76 bits per heavy atom. The summed E-state index contributed by atoms with van der Waals surface area (Å²) in [5.74, 6) is -1.89. The van der Waals surface area contributed by atoms with Crippen molar-refractivity contribution >= 4 is 5.91 Å². The van der Waals surface area contributed by atoms with Crippen molar-refractivity contribution < 1.29 is 13.6 Å². The lowest BCUT2D eigenvalue weighted by molar-refractivity contribution is 0.0920. The predicted octanol–water partition coefficient (Wildman–Crippen LogP) is 2.92. The molecule has 1 aliphatic carbocycles. The fourth-order valence-electron chi connectivity index (χ4n) is 2.82. The van der Waals surface area contributed by atoms with Gasteiger partial charge in [-0.25, -0.2) is 8.78 Å². The fourth-order valence-corrected chi connectivity index (χ4v) is 2.82. The monoisotopic (exact) mass is 296 g/mol. The van der Waals surface area contributed by atoms with Gasteiger partial charge in [0.25, 0.3) is 5.91 Å². The Labute approximate surface area is 124 Å². The number of amides is 1. The van der Waals surface area contributed by atoms with Gasteiger partial charge in [-0.05, 0) is 50.8 Å². The third-order valence-electron chi connectivity index (χ3n) is 4.05. The normalized spacial score (nSPS) is 22.1. The van der Waals surface area contributed by atoms with Crippen LogP contribution in [0.4, 0.5) is 8.78 Å². The van der Waals surface area contributed by atoms with Gasteiger partial charge in [-0.15, -0.1) is 0 Å². The second-order valence-corrected chi connectivity index (χ2v) is 5.66. The van der Waals surface area contributed by atoms with Gasteiger partial charge in [0.15, 0.2) is 0 Å². The maximum atomic E-state index is 13.7. The lowest BCUT2D eigenvalue weighted by Gasteiger charge is -2.29. The second-order valence-electron chi connectivity index (χ2n) is 5.66. The lowest BCUT2D eigenvalue weighted by Crippen LogP contribution is -2.42. The average molecular weight is 296 g/mol. The van der Waals surface area contributed by atoms with Crippen LogP contribution >= 0.6 is 0 Å². The van der Waals surface area contributed by atoms with Gasteiger partial charge in [-0.1, -0.05) is 6.92 Å². The molecule has 5 heteroatoms. The number of halogens is 2. The van der Waals surface area contributed by atoms with Gasteiger partial charge in [-0.2, -0.15) is 0 Å². The van der Waals surface area contributed by atoms with Crippen LogP contribution in [0.2, 0.25) is 0 Å². The van der Waals surface area contributed by atoms with Gasteiger partial charge in [0, 0.05) is 18.2 Å². The van der Waals surface area contributed by atoms with Crippen molar-refractivity contribution in [3.8, 4) is 0 Å². The van der Waals surface area contributed by atoms with Gasteiger partial charge in [0.2, 0.25) is 0 Å². The molecule has 1 aromatic carbocycles. The zero-order chi connectivity index (χ0) is 15.4. The molecule has 1 aromatic rings. The molecule has 0 radical (unpaired) electrons. The van der Waals surface area contributed by atoms with Crippen LogP contribution in [-0.4, -0.2) is 24.5 Å². The van der Waals surface area contributed by atoms with Crippen molar-refractivity contribution in [3.05, 3.63) is 34.9 Å². The summed E-state index contributed by atoms with van der Waals surface area (Å²) in [6, 6.07) is 2.61. The number of carbonyl (C=O) groups excluding carboxylic acids is 1. The third kappa shape index (κ3) is 4.00.